The summed E-state index contributed by atoms with van der Waals surface area (Å²) in [5, 5.41) is 15.3. The Morgan fingerprint density at radius 2 is 2.20 bits per heavy atom. The van der Waals surface area contributed by atoms with E-state index in [1.165, 1.54) is 41.8 Å². The third-order valence-corrected chi connectivity index (χ3v) is 3.58. The average Bonchev–Trinajstić information content (AvgIpc) is 2.92. The fourth-order valence-electron chi connectivity index (χ4n) is 1.46. The van der Waals surface area contributed by atoms with Crippen molar-refractivity contribution >= 4 is 40.1 Å². The topological polar surface area (TPSA) is 72.2 Å². The third kappa shape index (κ3) is 3.43. The summed E-state index contributed by atoms with van der Waals surface area (Å²) >= 11 is 7.14. The van der Waals surface area contributed by atoms with E-state index < -0.39 is 4.92 Å². The zero-order chi connectivity index (χ0) is 14.5. The predicted molar refractivity (Wildman–Crippen MR) is 79.5 cm³/mol. The number of ketones is 1. The molecule has 2 aromatic rings. The van der Waals surface area contributed by atoms with Gasteiger partial charge in [0.1, 0.15) is 5.02 Å². The number of nitrogens with zero attached hydrogens (tertiary/aromatic N) is 1. The monoisotopic (exact) mass is 308 g/mol. The molecule has 7 heteroatoms. The van der Waals surface area contributed by atoms with Gasteiger partial charge >= 0.3 is 0 Å². The number of carbonyl (C=O) groups excluding carboxylic acids is 1. The number of thiophene rings is 1. The Labute approximate surface area is 123 Å². The van der Waals surface area contributed by atoms with Crippen molar-refractivity contribution in [3.05, 3.63) is 68.0 Å². The van der Waals surface area contributed by atoms with E-state index in [2.05, 4.69) is 5.32 Å². The molecule has 0 aliphatic heterocycles. The zero-order valence-electron chi connectivity index (χ0n) is 10.1. The number of hydrogen-bond donors (Lipinski definition) is 1. The van der Waals surface area contributed by atoms with Crippen LogP contribution in [0.15, 0.2) is 48.0 Å². The number of rotatable bonds is 5. The van der Waals surface area contributed by atoms with Crippen LogP contribution in [-0.2, 0) is 0 Å². The Balaban J connectivity index is 2.02. The Morgan fingerprint density at radius 1 is 1.40 bits per heavy atom. The normalized spacial score (nSPS) is 10.7. The van der Waals surface area contributed by atoms with Gasteiger partial charge in [-0.15, -0.1) is 11.3 Å². The van der Waals surface area contributed by atoms with Gasteiger partial charge < -0.3 is 5.32 Å². The molecule has 20 heavy (non-hydrogen) atoms. The molecule has 2 rings (SSSR count). The van der Waals surface area contributed by atoms with E-state index in [1.807, 2.05) is 5.38 Å². The second-order valence-corrected chi connectivity index (χ2v) is 5.10. The molecule has 0 atom stereocenters. The maximum Gasteiger partial charge on any atom is 0.288 e. The molecule has 1 heterocycles. The van der Waals surface area contributed by atoms with Gasteiger partial charge in [0.05, 0.1) is 9.80 Å². The molecule has 0 aliphatic carbocycles. The van der Waals surface area contributed by atoms with Crippen LogP contribution in [0.5, 0.6) is 0 Å². The number of benzene rings is 1. The highest BCUT2D eigenvalue weighted by molar-refractivity contribution is 7.12. The lowest BCUT2D eigenvalue weighted by Crippen LogP contribution is -1.94. The maximum atomic E-state index is 11.7. The summed E-state index contributed by atoms with van der Waals surface area (Å²) in [5.41, 5.74) is 0.409. The lowest BCUT2D eigenvalue weighted by molar-refractivity contribution is -0.384. The van der Waals surface area contributed by atoms with Crippen LogP contribution in [-0.4, -0.2) is 10.7 Å². The standard InChI is InChI=1S/C13H9ClN2O3S/c14-10-8-9(3-4-11(10)16(18)19)15-6-5-12(17)13-2-1-7-20-13/h1-8,15H/b6-5+. The van der Waals surface area contributed by atoms with Crippen LogP contribution in [0.25, 0.3) is 0 Å². The molecular weight excluding hydrogens is 300 g/mol. The quantitative estimate of drug-likeness (QED) is 0.390. The van der Waals surface area contributed by atoms with Gasteiger partial charge in [-0.05, 0) is 23.6 Å². The van der Waals surface area contributed by atoms with Crippen molar-refractivity contribution in [3.8, 4) is 0 Å². The molecule has 0 amide bonds. The molecule has 0 aliphatic rings. The van der Waals surface area contributed by atoms with E-state index in [0.717, 1.165) is 0 Å². The number of halogens is 1. The van der Waals surface area contributed by atoms with E-state index in [0.29, 0.717) is 10.6 Å². The molecule has 1 aromatic carbocycles. The van der Waals surface area contributed by atoms with Crippen LogP contribution in [0, 0.1) is 10.1 Å². The van der Waals surface area contributed by atoms with Gasteiger partial charge in [-0.3, -0.25) is 14.9 Å². The lowest BCUT2D eigenvalue weighted by atomic mass is 10.3. The van der Waals surface area contributed by atoms with Crippen molar-refractivity contribution in [2.75, 3.05) is 5.32 Å². The zero-order valence-corrected chi connectivity index (χ0v) is 11.6. The number of carbonyl (C=O) groups is 1. The van der Waals surface area contributed by atoms with Gasteiger partial charge in [-0.1, -0.05) is 17.7 Å². The van der Waals surface area contributed by atoms with Crippen molar-refractivity contribution in [1.29, 1.82) is 0 Å². The summed E-state index contributed by atoms with van der Waals surface area (Å²) in [6, 6.07) is 7.79. The number of nitrogens with one attached hydrogen (secondary N) is 1. The largest absolute Gasteiger partial charge is 0.361 e. The molecule has 0 fully saturated rings. The van der Waals surface area contributed by atoms with Crippen molar-refractivity contribution in [1.82, 2.24) is 0 Å². The number of nitro benzene ring substituents is 1. The average molecular weight is 309 g/mol. The highest BCUT2D eigenvalue weighted by atomic mass is 35.5. The van der Waals surface area contributed by atoms with Gasteiger partial charge in [0.2, 0.25) is 0 Å². The minimum Gasteiger partial charge on any atom is -0.361 e. The smallest absolute Gasteiger partial charge is 0.288 e. The number of anilines is 1. The molecule has 0 spiro atoms. The summed E-state index contributed by atoms with van der Waals surface area (Å²) in [6.45, 7) is 0. The number of nitro groups is 1. The highest BCUT2D eigenvalue weighted by Crippen LogP contribution is 2.27. The fraction of sp³-hybridized carbons (Fsp3) is 0. The second kappa shape index (κ2) is 6.31. The first-order valence-corrected chi connectivity index (χ1v) is 6.78. The Kier molecular flexibility index (Phi) is 4.49. The van der Waals surface area contributed by atoms with Gasteiger partial charge in [0, 0.05) is 24.0 Å². The Morgan fingerprint density at radius 3 is 2.80 bits per heavy atom. The maximum absolute atomic E-state index is 11.7. The van der Waals surface area contributed by atoms with Crippen LogP contribution in [0.1, 0.15) is 9.67 Å². The summed E-state index contributed by atoms with van der Waals surface area (Å²) < 4.78 is 0. The third-order valence-electron chi connectivity index (χ3n) is 2.39. The molecule has 5 nitrogen and oxygen atoms in total. The van der Waals surface area contributed by atoms with Crippen LogP contribution >= 0.6 is 22.9 Å². The van der Waals surface area contributed by atoms with Crippen molar-refractivity contribution in [3.63, 3.8) is 0 Å². The molecule has 0 saturated carbocycles. The van der Waals surface area contributed by atoms with E-state index in [1.54, 1.807) is 12.1 Å². The minimum absolute atomic E-state index is 0.0398. The van der Waals surface area contributed by atoms with E-state index in [-0.39, 0.29) is 16.5 Å². The van der Waals surface area contributed by atoms with Crippen LogP contribution < -0.4 is 5.32 Å². The van der Waals surface area contributed by atoms with Crippen molar-refractivity contribution < 1.29 is 9.72 Å². The second-order valence-electron chi connectivity index (χ2n) is 3.74. The van der Waals surface area contributed by atoms with Gasteiger partial charge in [-0.25, -0.2) is 0 Å². The lowest BCUT2D eigenvalue weighted by Gasteiger charge is -2.01. The molecule has 102 valence electrons. The number of allylic oxidation sites excluding steroid dienone is 1. The summed E-state index contributed by atoms with van der Waals surface area (Å²) in [4.78, 5) is 22.4. The van der Waals surface area contributed by atoms with Crippen molar-refractivity contribution in [2.24, 2.45) is 0 Å². The first-order valence-electron chi connectivity index (χ1n) is 5.53. The SMILES string of the molecule is O=C(/C=C/Nc1ccc([N+](=O)[O-])c(Cl)c1)c1cccs1. The van der Waals surface area contributed by atoms with E-state index in [4.69, 9.17) is 11.6 Å². The highest BCUT2D eigenvalue weighted by Gasteiger charge is 2.11. The Hall–Kier alpha value is -2.18. The van der Waals surface area contributed by atoms with Crippen LogP contribution in [0.4, 0.5) is 11.4 Å². The molecule has 0 unspecified atom stereocenters. The minimum atomic E-state index is -0.553. The fourth-order valence-corrected chi connectivity index (χ4v) is 2.35. The number of hydrogen-bond acceptors (Lipinski definition) is 5. The molecular formula is C13H9ClN2O3S. The van der Waals surface area contributed by atoms with E-state index >= 15 is 0 Å². The van der Waals surface area contributed by atoms with Gasteiger partial charge in [0.15, 0.2) is 5.78 Å². The first-order chi connectivity index (χ1) is 9.58. The molecule has 0 bridgehead atoms. The van der Waals surface area contributed by atoms with Crippen LogP contribution in [0.2, 0.25) is 5.02 Å². The first kappa shape index (κ1) is 14.2. The molecule has 1 aromatic heterocycles. The van der Waals surface area contributed by atoms with Crippen molar-refractivity contribution in [2.45, 2.75) is 0 Å². The molecule has 0 radical (unpaired) electrons. The van der Waals surface area contributed by atoms with E-state index in [9.17, 15) is 14.9 Å². The molecule has 1 N–H and O–H groups in total. The van der Waals surface area contributed by atoms with Gasteiger partial charge in [0.25, 0.3) is 5.69 Å². The summed E-state index contributed by atoms with van der Waals surface area (Å²) in [7, 11) is 0. The van der Waals surface area contributed by atoms with Crippen LogP contribution in [0.3, 0.4) is 0 Å². The predicted octanol–water partition coefficient (Wildman–Crippen LogP) is 4.12. The Bertz CT molecular complexity index is 668. The summed E-state index contributed by atoms with van der Waals surface area (Å²) in [6.07, 6.45) is 2.86. The summed E-state index contributed by atoms with van der Waals surface area (Å²) in [5.74, 6) is -0.111. The van der Waals surface area contributed by atoms with Gasteiger partial charge in [-0.2, -0.15) is 0 Å². The molecule has 0 saturated heterocycles.